The molecule has 4 heterocycles. The quantitative estimate of drug-likeness (QED) is 0.107. The van der Waals surface area contributed by atoms with Crippen LogP contribution in [0.5, 0.6) is 0 Å². The van der Waals surface area contributed by atoms with Gasteiger partial charge in [0, 0.05) is 43.1 Å². The summed E-state index contributed by atoms with van der Waals surface area (Å²) in [5.41, 5.74) is 16.0. The van der Waals surface area contributed by atoms with Crippen molar-refractivity contribution in [2.45, 2.75) is 93.3 Å². The van der Waals surface area contributed by atoms with Crippen LogP contribution in [0.4, 0.5) is 0 Å². The number of aryl methyl sites for hydroxylation is 2. The second kappa shape index (κ2) is 18.7. The van der Waals surface area contributed by atoms with Crippen LogP contribution in [0.1, 0.15) is 81.3 Å². The summed E-state index contributed by atoms with van der Waals surface area (Å²) in [6, 6.07) is 46.9. The molecule has 0 aliphatic heterocycles. The number of nitrogens with zero attached hydrogens (tertiary/aromatic N) is 4. The van der Waals surface area contributed by atoms with Gasteiger partial charge >= 0.3 is 0 Å². The van der Waals surface area contributed by atoms with Gasteiger partial charge in [-0.05, 0) is 94.6 Å². The number of imidazole rings is 1. The minimum Gasteiger partial charge on any atom is -0.501 e. The molecule has 0 N–H and O–H groups in total. The van der Waals surface area contributed by atoms with Crippen LogP contribution in [0.25, 0.3) is 72.6 Å². The van der Waals surface area contributed by atoms with Crippen LogP contribution in [0, 0.1) is 31.9 Å². The van der Waals surface area contributed by atoms with Gasteiger partial charge in [0.2, 0.25) is 0 Å². The molecule has 9 aromatic rings. The minimum absolute atomic E-state index is 0. The maximum absolute atomic E-state index is 6.56. The third-order valence-corrected chi connectivity index (χ3v) is 13.7. The Balaban J connectivity index is 0.000000239. The van der Waals surface area contributed by atoms with E-state index in [2.05, 4.69) is 175 Å². The molecule has 0 atom stereocenters. The van der Waals surface area contributed by atoms with Crippen LogP contribution in [-0.2, 0) is 26.5 Å². The zero-order valence-corrected chi connectivity index (χ0v) is 41.9. The van der Waals surface area contributed by atoms with Gasteiger partial charge in [-0.3, -0.25) is 4.98 Å². The summed E-state index contributed by atoms with van der Waals surface area (Å²) in [4.78, 5) is 15.0. The summed E-state index contributed by atoms with van der Waals surface area (Å²) in [5, 5.41) is 3.70. The number of rotatable bonds is 9. The van der Waals surface area contributed by atoms with Crippen molar-refractivity contribution in [3.05, 3.63) is 162 Å². The SMILES string of the molecule is CC(C)Cc1cc(-c2[c-]cccc2)ncc1[Si](C)(C)C.Cc1ccc2nc(-c3[c-]cc(C)c4c3oc3ccccc34)n(-c3c(C(C)C)cc(-c4ccccc4)cc3C(C)C)c2n1.[Ir]. The summed E-state index contributed by atoms with van der Waals surface area (Å²) >= 11 is 0. The average Bonchev–Trinajstić information content (AvgIpc) is 3.83. The first-order chi connectivity index (χ1) is 29.7. The topological polar surface area (TPSA) is 56.7 Å². The van der Waals surface area contributed by atoms with Gasteiger partial charge in [-0.25, -0.2) is 4.98 Å². The first-order valence-corrected chi connectivity index (χ1v) is 25.6. The molecule has 0 saturated heterocycles. The predicted octanol–water partition coefficient (Wildman–Crippen LogP) is 14.6. The smallest absolute Gasteiger partial charge is 0.155 e. The standard InChI is InChI=1S/C38H34N3O.C18H24NSi.Ir/c1-22(2)30-20-27(26-12-8-7-9-13-26)21-31(23(3)4)35(30)41-37(40-32-19-17-25(6)39-38(32)41)29-18-16-24(5)34-28-14-10-11-15-33(28)42-36(29)34;1-14(2)11-16-12-17(15-9-7-6-8-10-15)19-13-18(16)20(3,4)5;/h7-17,19-23H,1-6H3;6-9,12-14H,11H2,1-5H3;/q2*-1;. The molecular weight excluding hydrogens is 965 g/mol. The van der Waals surface area contributed by atoms with Gasteiger partial charge in [0.25, 0.3) is 0 Å². The molecule has 0 saturated carbocycles. The van der Waals surface area contributed by atoms with E-state index >= 15 is 0 Å². The van der Waals surface area contributed by atoms with E-state index in [1.807, 2.05) is 43.3 Å². The predicted molar refractivity (Wildman–Crippen MR) is 264 cm³/mol. The van der Waals surface area contributed by atoms with E-state index in [0.29, 0.717) is 5.92 Å². The first-order valence-electron chi connectivity index (χ1n) is 22.1. The van der Waals surface area contributed by atoms with Crippen LogP contribution in [0.15, 0.2) is 126 Å². The summed E-state index contributed by atoms with van der Waals surface area (Å²) in [6.45, 7) is 25.0. The Morgan fingerprint density at radius 3 is 2.06 bits per heavy atom. The third-order valence-electron chi connectivity index (χ3n) is 11.7. The number of hydrogen-bond donors (Lipinski definition) is 0. The summed E-state index contributed by atoms with van der Waals surface area (Å²) in [7, 11) is -1.34. The van der Waals surface area contributed by atoms with E-state index < -0.39 is 8.07 Å². The number of furan rings is 1. The van der Waals surface area contributed by atoms with Crippen LogP contribution in [0.3, 0.4) is 0 Å². The van der Waals surface area contributed by atoms with Crippen LogP contribution >= 0.6 is 0 Å². The fraction of sp³-hybridized carbons (Fsp3) is 0.268. The molecule has 0 aliphatic rings. The number of benzene rings is 5. The summed E-state index contributed by atoms with van der Waals surface area (Å²) in [6.07, 6.45) is 3.24. The molecule has 63 heavy (non-hydrogen) atoms. The van der Waals surface area contributed by atoms with Crippen molar-refractivity contribution in [3.63, 3.8) is 0 Å². The maximum Gasteiger partial charge on any atom is 0.155 e. The molecule has 323 valence electrons. The van der Waals surface area contributed by atoms with Crippen molar-refractivity contribution >= 4 is 46.4 Å². The number of pyridine rings is 2. The average molecular weight is 1020 g/mol. The van der Waals surface area contributed by atoms with E-state index in [1.54, 1.807) is 0 Å². The van der Waals surface area contributed by atoms with Crippen LogP contribution in [0.2, 0.25) is 19.6 Å². The number of para-hydroxylation sites is 1. The minimum atomic E-state index is -1.34. The van der Waals surface area contributed by atoms with Crippen molar-refractivity contribution in [1.29, 1.82) is 0 Å². The fourth-order valence-corrected chi connectivity index (χ4v) is 10.2. The second-order valence-corrected chi connectivity index (χ2v) is 23.8. The monoisotopic (exact) mass is 1020 g/mol. The van der Waals surface area contributed by atoms with Gasteiger partial charge in [0.1, 0.15) is 5.58 Å². The zero-order chi connectivity index (χ0) is 43.9. The summed E-state index contributed by atoms with van der Waals surface area (Å²) in [5.74, 6) is 2.00. The Bertz CT molecular complexity index is 3000. The van der Waals surface area contributed by atoms with Crippen LogP contribution < -0.4 is 5.19 Å². The third kappa shape index (κ3) is 9.29. The van der Waals surface area contributed by atoms with Crippen LogP contribution in [-0.4, -0.2) is 27.6 Å². The normalized spacial score (nSPS) is 11.8. The number of aromatic nitrogens is 4. The number of hydrogen-bond acceptors (Lipinski definition) is 4. The molecule has 5 aromatic carbocycles. The van der Waals surface area contributed by atoms with Gasteiger partial charge in [0.05, 0.1) is 25.0 Å². The van der Waals surface area contributed by atoms with E-state index in [4.69, 9.17) is 14.4 Å². The Labute approximate surface area is 388 Å². The van der Waals surface area contributed by atoms with E-state index in [-0.39, 0.29) is 31.9 Å². The fourth-order valence-electron chi connectivity index (χ4n) is 8.63. The van der Waals surface area contributed by atoms with Crippen molar-refractivity contribution in [3.8, 4) is 39.5 Å². The Kier molecular flexibility index (Phi) is 13.5. The molecule has 7 heteroatoms. The van der Waals surface area contributed by atoms with Gasteiger partial charge in [-0.15, -0.1) is 53.6 Å². The molecule has 5 nitrogen and oxygen atoms in total. The van der Waals surface area contributed by atoms with Gasteiger partial charge in [-0.2, -0.15) is 0 Å². The Morgan fingerprint density at radius 2 is 1.41 bits per heavy atom. The molecule has 0 aliphatic carbocycles. The zero-order valence-electron chi connectivity index (χ0n) is 38.5. The second-order valence-electron chi connectivity index (χ2n) is 18.7. The van der Waals surface area contributed by atoms with Crippen molar-refractivity contribution in [2.75, 3.05) is 0 Å². The first kappa shape index (κ1) is 45.6. The van der Waals surface area contributed by atoms with E-state index in [1.165, 1.54) is 33.0 Å². The largest absolute Gasteiger partial charge is 0.501 e. The molecular formula is C56H58IrN4OSi-2. The molecule has 0 fully saturated rings. The molecule has 4 aromatic heterocycles. The Morgan fingerprint density at radius 1 is 0.730 bits per heavy atom. The molecule has 0 bridgehead atoms. The van der Waals surface area contributed by atoms with Gasteiger partial charge < -0.3 is 14.0 Å². The Hall–Kier alpha value is -5.46. The maximum atomic E-state index is 6.56. The van der Waals surface area contributed by atoms with E-state index in [9.17, 15) is 0 Å². The molecule has 1 radical (unpaired) electrons. The molecule has 0 spiro atoms. The van der Waals surface area contributed by atoms with Crippen molar-refractivity contribution in [2.24, 2.45) is 5.92 Å². The summed E-state index contributed by atoms with van der Waals surface area (Å²) < 4.78 is 8.83. The van der Waals surface area contributed by atoms with Crippen molar-refractivity contribution < 1.29 is 24.5 Å². The molecule has 0 unspecified atom stereocenters. The molecule has 9 rings (SSSR count). The van der Waals surface area contributed by atoms with Gasteiger partial charge in [0.15, 0.2) is 5.65 Å². The van der Waals surface area contributed by atoms with E-state index in [0.717, 1.165) is 79.1 Å². The number of fused-ring (bicyclic) bond motifs is 4. The van der Waals surface area contributed by atoms with Crippen molar-refractivity contribution in [1.82, 2.24) is 19.5 Å². The molecule has 0 amide bonds. The van der Waals surface area contributed by atoms with Gasteiger partial charge in [-0.1, -0.05) is 139 Å².